The highest BCUT2D eigenvalue weighted by Crippen LogP contribution is 2.32. The molecule has 0 spiro atoms. The predicted molar refractivity (Wildman–Crippen MR) is 113 cm³/mol. The van der Waals surface area contributed by atoms with Crippen LogP contribution in [0.1, 0.15) is 30.5 Å². The van der Waals surface area contributed by atoms with Gasteiger partial charge in [0, 0.05) is 5.41 Å². The number of carbonyl (C=O) groups excluding carboxylic acids is 1. The zero-order valence-corrected chi connectivity index (χ0v) is 16.4. The molecule has 3 rings (SSSR count). The molecule has 0 aliphatic carbocycles. The maximum atomic E-state index is 12.8. The van der Waals surface area contributed by atoms with E-state index in [-0.39, 0.29) is 23.7 Å². The maximum absolute atomic E-state index is 12.8. The summed E-state index contributed by atoms with van der Waals surface area (Å²) < 4.78 is 18.4. The van der Waals surface area contributed by atoms with E-state index in [9.17, 15) is 9.18 Å². The Balaban J connectivity index is 1.52. The van der Waals surface area contributed by atoms with Gasteiger partial charge in [-0.1, -0.05) is 68.4 Å². The number of nitrogens with zero attached hydrogens (tertiary/aromatic N) is 1. The van der Waals surface area contributed by atoms with Crippen LogP contribution in [-0.2, 0) is 10.2 Å². The number of halogens is 1. The lowest BCUT2D eigenvalue weighted by Crippen LogP contribution is -2.24. The number of hydrazone groups is 1. The van der Waals surface area contributed by atoms with Gasteiger partial charge in [-0.15, -0.1) is 0 Å². The fraction of sp³-hybridized carbons (Fsp3) is 0.167. The van der Waals surface area contributed by atoms with Crippen LogP contribution >= 0.6 is 0 Å². The van der Waals surface area contributed by atoms with Crippen molar-refractivity contribution in [2.24, 2.45) is 5.10 Å². The highest BCUT2D eigenvalue weighted by atomic mass is 19.1. The first-order chi connectivity index (χ1) is 13.9. The lowest BCUT2D eigenvalue weighted by molar-refractivity contribution is -0.123. The van der Waals surface area contributed by atoms with Crippen LogP contribution in [-0.4, -0.2) is 18.7 Å². The maximum Gasteiger partial charge on any atom is 0.277 e. The third-order valence-corrected chi connectivity index (χ3v) is 4.71. The van der Waals surface area contributed by atoms with E-state index in [1.807, 2.05) is 42.5 Å². The Morgan fingerprint density at radius 2 is 1.59 bits per heavy atom. The van der Waals surface area contributed by atoms with Crippen molar-refractivity contribution in [2.75, 3.05) is 6.61 Å². The summed E-state index contributed by atoms with van der Waals surface area (Å²) in [5.74, 6) is -0.0925. The number of amides is 1. The number of ether oxygens (including phenoxy) is 1. The highest BCUT2D eigenvalue weighted by molar-refractivity contribution is 5.82. The first-order valence-corrected chi connectivity index (χ1v) is 9.31. The van der Waals surface area contributed by atoms with E-state index in [0.29, 0.717) is 11.3 Å². The van der Waals surface area contributed by atoms with Crippen molar-refractivity contribution in [3.8, 4) is 5.75 Å². The Hall–Kier alpha value is -3.47. The summed E-state index contributed by atoms with van der Waals surface area (Å²) in [6.07, 6.45) is 1.44. The van der Waals surface area contributed by atoms with Gasteiger partial charge in [0.15, 0.2) is 6.61 Å². The first kappa shape index (κ1) is 20.3. The molecule has 0 heterocycles. The van der Waals surface area contributed by atoms with Gasteiger partial charge in [0.1, 0.15) is 11.6 Å². The first-order valence-electron chi connectivity index (χ1n) is 9.31. The van der Waals surface area contributed by atoms with Crippen molar-refractivity contribution >= 4 is 12.1 Å². The predicted octanol–water partition coefficient (Wildman–Crippen LogP) is 4.68. The molecule has 0 radical (unpaired) electrons. The van der Waals surface area contributed by atoms with Crippen LogP contribution in [0.2, 0.25) is 0 Å². The number of benzene rings is 3. The molecule has 0 bridgehead atoms. The van der Waals surface area contributed by atoms with E-state index in [2.05, 4.69) is 36.5 Å². The Labute approximate surface area is 170 Å². The minimum Gasteiger partial charge on any atom is -0.484 e. The summed E-state index contributed by atoms with van der Waals surface area (Å²) in [6.45, 7) is 4.19. The molecule has 5 heteroatoms. The van der Waals surface area contributed by atoms with E-state index < -0.39 is 0 Å². The van der Waals surface area contributed by atoms with E-state index in [4.69, 9.17) is 4.74 Å². The zero-order chi connectivity index (χ0) is 20.7. The number of hydrogen-bond donors (Lipinski definition) is 1. The fourth-order valence-electron chi connectivity index (χ4n) is 2.90. The molecule has 0 saturated heterocycles. The molecule has 0 aliphatic heterocycles. The molecule has 4 nitrogen and oxygen atoms in total. The third kappa shape index (κ3) is 5.51. The molecule has 0 atom stereocenters. The summed E-state index contributed by atoms with van der Waals surface area (Å²) in [7, 11) is 0. The van der Waals surface area contributed by atoms with E-state index in [1.54, 1.807) is 12.1 Å². The molecule has 3 aromatic rings. The summed E-state index contributed by atoms with van der Waals surface area (Å²) in [4.78, 5) is 11.9. The van der Waals surface area contributed by atoms with E-state index in [1.165, 1.54) is 23.9 Å². The average Bonchev–Trinajstić information content (AvgIpc) is 2.74. The van der Waals surface area contributed by atoms with Crippen LogP contribution in [0, 0.1) is 5.82 Å². The standard InChI is InChI=1S/C24H23FN2O2/c1-24(2,19-6-4-3-5-7-19)20-10-14-22(15-11-20)29-17-23(28)27-26-16-18-8-12-21(25)13-9-18/h3-16H,17H2,1-2H3,(H,27,28). The molecule has 0 aliphatic rings. The Kier molecular flexibility index (Phi) is 6.39. The molecule has 1 amide bonds. The van der Waals surface area contributed by atoms with Gasteiger partial charge in [-0.3, -0.25) is 4.79 Å². The van der Waals surface area contributed by atoms with Gasteiger partial charge in [0.2, 0.25) is 0 Å². The van der Waals surface area contributed by atoms with Gasteiger partial charge < -0.3 is 4.74 Å². The number of hydrogen-bond acceptors (Lipinski definition) is 3. The number of rotatable bonds is 7. The molecule has 0 unspecified atom stereocenters. The molecule has 3 aromatic carbocycles. The molecule has 0 fully saturated rings. The highest BCUT2D eigenvalue weighted by Gasteiger charge is 2.22. The topological polar surface area (TPSA) is 50.7 Å². The van der Waals surface area contributed by atoms with Crippen molar-refractivity contribution in [1.82, 2.24) is 5.43 Å². The van der Waals surface area contributed by atoms with Crippen molar-refractivity contribution in [2.45, 2.75) is 19.3 Å². The van der Waals surface area contributed by atoms with Gasteiger partial charge in [0.05, 0.1) is 6.21 Å². The lowest BCUT2D eigenvalue weighted by atomic mass is 9.78. The number of carbonyl (C=O) groups is 1. The molecular formula is C24H23FN2O2. The molecule has 148 valence electrons. The lowest BCUT2D eigenvalue weighted by Gasteiger charge is -2.26. The Bertz CT molecular complexity index is 966. The largest absolute Gasteiger partial charge is 0.484 e. The second kappa shape index (κ2) is 9.15. The second-order valence-corrected chi connectivity index (χ2v) is 7.15. The Morgan fingerprint density at radius 3 is 2.24 bits per heavy atom. The van der Waals surface area contributed by atoms with E-state index >= 15 is 0 Å². The monoisotopic (exact) mass is 390 g/mol. The smallest absolute Gasteiger partial charge is 0.277 e. The molecule has 0 aromatic heterocycles. The van der Waals surface area contributed by atoms with Gasteiger partial charge in [-0.05, 0) is 41.0 Å². The average molecular weight is 390 g/mol. The molecule has 1 N–H and O–H groups in total. The van der Waals surface area contributed by atoms with Crippen molar-refractivity contribution in [1.29, 1.82) is 0 Å². The van der Waals surface area contributed by atoms with Crippen LogP contribution in [0.15, 0.2) is 84.0 Å². The summed E-state index contributed by atoms with van der Waals surface area (Å²) in [5.41, 5.74) is 5.32. The fourth-order valence-corrected chi connectivity index (χ4v) is 2.90. The molecular weight excluding hydrogens is 367 g/mol. The summed E-state index contributed by atoms with van der Waals surface area (Å²) in [5, 5.41) is 3.84. The summed E-state index contributed by atoms with van der Waals surface area (Å²) in [6, 6.07) is 23.8. The minimum absolute atomic E-state index is 0.133. The summed E-state index contributed by atoms with van der Waals surface area (Å²) >= 11 is 0. The SMILES string of the molecule is CC(C)(c1ccccc1)c1ccc(OCC(=O)NN=Cc2ccc(F)cc2)cc1. The quantitative estimate of drug-likeness (QED) is 0.470. The zero-order valence-electron chi connectivity index (χ0n) is 16.4. The van der Waals surface area contributed by atoms with Crippen LogP contribution < -0.4 is 10.2 Å². The minimum atomic E-state index is -0.378. The molecule has 0 saturated carbocycles. The van der Waals surface area contributed by atoms with Crippen molar-refractivity contribution < 1.29 is 13.9 Å². The van der Waals surface area contributed by atoms with Gasteiger partial charge in [-0.2, -0.15) is 5.10 Å². The Morgan fingerprint density at radius 1 is 0.966 bits per heavy atom. The second-order valence-electron chi connectivity index (χ2n) is 7.15. The van der Waals surface area contributed by atoms with Crippen LogP contribution in [0.5, 0.6) is 5.75 Å². The third-order valence-electron chi connectivity index (χ3n) is 4.71. The normalized spacial score (nSPS) is 11.4. The van der Waals surface area contributed by atoms with Crippen LogP contribution in [0.3, 0.4) is 0 Å². The van der Waals surface area contributed by atoms with Gasteiger partial charge in [0.25, 0.3) is 5.91 Å². The van der Waals surface area contributed by atoms with Crippen LogP contribution in [0.4, 0.5) is 4.39 Å². The molecule has 29 heavy (non-hydrogen) atoms. The van der Waals surface area contributed by atoms with E-state index in [0.717, 1.165) is 5.56 Å². The van der Waals surface area contributed by atoms with Crippen molar-refractivity contribution in [3.05, 3.63) is 101 Å². The number of nitrogens with one attached hydrogen (secondary N) is 1. The van der Waals surface area contributed by atoms with Crippen LogP contribution in [0.25, 0.3) is 0 Å². The van der Waals surface area contributed by atoms with Crippen molar-refractivity contribution in [3.63, 3.8) is 0 Å². The van der Waals surface area contributed by atoms with Gasteiger partial charge in [-0.25, -0.2) is 9.82 Å². The van der Waals surface area contributed by atoms with Gasteiger partial charge >= 0.3 is 0 Å².